The molecular formula is C15H27N3O. The van der Waals surface area contributed by atoms with Crippen LogP contribution in [-0.4, -0.2) is 37.5 Å². The lowest BCUT2D eigenvalue weighted by Crippen LogP contribution is -2.48. The first kappa shape index (κ1) is 16.0. The van der Waals surface area contributed by atoms with Crippen LogP contribution < -0.4 is 5.32 Å². The number of nitrogens with zero attached hydrogens (tertiary/aromatic N) is 2. The van der Waals surface area contributed by atoms with Crippen molar-refractivity contribution in [1.82, 2.24) is 10.2 Å². The highest BCUT2D eigenvalue weighted by Crippen LogP contribution is 2.37. The normalized spacial score (nSPS) is 19.4. The number of likely N-dealkylation sites (N-methyl/N-ethyl adjacent to an activating group) is 1. The molecule has 0 aromatic rings. The first-order valence-corrected chi connectivity index (χ1v) is 7.26. The predicted octanol–water partition coefficient (Wildman–Crippen LogP) is 2.16. The molecule has 0 aromatic carbocycles. The third-order valence-corrected chi connectivity index (χ3v) is 3.78. The van der Waals surface area contributed by atoms with Gasteiger partial charge in [-0.3, -0.25) is 4.79 Å². The molecule has 1 saturated carbocycles. The molecule has 1 aliphatic rings. The van der Waals surface area contributed by atoms with Crippen LogP contribution in [0.2, 0.25) is 0 Å². The zero-order valence-electron chi connectivity index (χ0n) is 12.7. The van der Waals surface area contributed by atoms with Gasteiger partial charge >= 0.3 is 0 Å². The molecule has 0 spiro atoms. The van der Waals surface area contributed by atoms with Crippen molar-refractivity contribution in [2.24, 2.45) is 11.3 Å². The number of carbonyl (C=O) groups is 1. The van der Waals surface area contributed by atoms with Crippen LogP contribution in [0.5, 0.6) is 0 Å². The highest BCUT2D eigenvalue weighted by Gasteiger charge is 2.42. The molecule has 1 fully saturated rings. The monoisotopic (exact) mass is 265 g/mol. The van der Waals surface area contributed by atoms with Crippen molar-refractivity contribution in [3.8, 4) is 6.07 Å². The minimum absolute atomic E-state index is 0.0556. The van der Waals surface area contributed by atoms with E-state index in [1.807, 2.05) is 14.1 Å². The van der Waals surface area contributed by atoms with E-state index in [1.54, 1.807) is 0 Å². The molecule has 0 aromatic heterocycles. The molecular weight excluding hydrogens is 238 g/mol. The van der Waals surface area contributed by atoms with Crippen molar-refractivity contribution in [1.29, 1.82) is 5.26 Å². The van der Waals surface area contributed by atoms with Gasteiger partial charge in [-0.25, -0.2) is 0 Å². The SMILES string of the molecule is CC(C)CC(CN(C)C)NC(=O)C1(C#N)CCCC1. The van der Waals surface area contributed by atoms with E-state index >= 15 is 0 Å². The van der Waals surface area contributed by atoms with Gasteiger partial charge in [0.25, 0.3) is 0 Å². The van der Waals surface area contributed by atoms with Gasteiger partial charge in [0.1, 0.15) is 5.41 Å². The molecule has 0 bridgehead atoms. The molecule has 0 radical (unpaired) electrons. The van der Waals surface area contributed by atoms with Gasteiger partial charge in [-0.1, -0.05) is 26.7 Å². The van der Waals surface area contributed by atoms with Crippen molar-refractivity contribution in [3.05, 3.63) is 0 Å². The first-order chi connectivity index (χ1) is 8.89. The number of amides is 1. The zero-order valence-corrected chi connectivity index (χ0v) is 12.7. The van der Waals surface area contributed by atoms with Crippen molar-refractivity contribution >= 4 is 5.91 Å². The Morgan fingerprint density at radius 2 is 1.95 bits per heavy atom. The summed E-state index contributed by atoms with van der Waals surface area (Å²) in [4.78, 5) is 14.5. The summed E-state index contributed by atoms with van der Waals surface area (Å²) in [6.45, 7) is 5.14. The van der Waals surface area contributed by atoms with Gasteiger partial charge in [-0.2, -0.15) is 5.26 Å². The minimum Gasteiger partial charge on any atom is -0.351 e. The van der Waals surface area contributed by atoms with E-state index in [2.05, 4.69) is 30.1 Å². The van der Waals surface area contributed by atoms with Crippen molar-refractivity contribution in [3.63, 3.8) is 0 Å². The summed E-state index contributed by atoms with van der Waals surface area (Å²) in [5, 5.41) is 12.5. The minimum atomic E-state index is -0.762. The highest BCUT2D eigenvalue weighted by atomic mass is 16.2. The Bertz CT molecular complexity index is 328. The van der Waals surface area contributed by atoms with Crippen molar-refractivity contribution < 1.29 is 4.79 Å². The fraction of sp³-hybridized carbons (Fsp3) is 0.867. The molecule has 1 aliphatic carbocycles. The standard InChI is InChI=1S/C15H27N3O/c1-12(2)9-13(10-18(3)4)17-14(19)15(11-16)7-5-6-8-15/h12-13H,5-10H2,1-4H3,(H,17,19). The van der Waals surface area contributed by atoms with E-state index in [9.17, 15) is 10.1 Å². The zero-order chi connectivity index (χ0) is 14.5. The summed E-state index contributed by atoms with van der Waals surface area (Å²) in [6.07, 6.45) is 4.36. The van der Waals surface area contributed by atoms with Crippen molar-refractivity contribution in [2.45, 2.75) is 52.0 Å². The number of carbonyl (C=O) groups excluding carboxylic acids is 1. The fourth-order valence-electron chi connectivity index (χ4n) is 2.88. The van der Waals surface area contributed by atoms with E-state index in [0.717, 1.165) is 25.8 Å². The number of hydrogen-bond donors (Lipinski definition) is 1. The van der Waals surface area contributed by atoms with Gasteiger partial charge < -0.3 is 10.2 Å². The Balaban J connectivity index is 2.67. The van der Waals surface area contributed by atoms with Crippen LogP contribution in [0, 0.1) is 22.7 Å². The number of nitrogens with one attached hydrogen (secondary N) is 1. The molecule has 108 valence electrons. The third-order valence-electron chi connectivity index (χ3n) is 3.78. The number of rotatable bonds is 6. The molecule has 1 atom stereocenters. The van der Waals surface area contributed by atoms with Crippen LogP contribution >= 0.6 is 0 Å². The van der Waals surface area contributed by atoms with Crippen LogP contribution in [0.4, 0.5) is 0 Å². The van der Waals surface area contributed by atoms with Crippen LogP contribution in [0.25, 0.3) is 0 Å². The maximum absolute atomic E-state index is 12.4. The summed E-state index contributed by atoms with van der Waals surface area (Å²) < 4.78 is 0. The summed E-state index contributed by atoms with van der Waals surface area (Å²) in [6, 6.07) is 2.40. The summed E-state index contributed by atoms with van der Waals surface area (Å²) in [7, 11) is 4.02. The largest absolute Gasteiger partial charge is 0.351 e. The molecule has 0 aliphatic heterocycles. The van der Waals surface area contributed by atoms with Gasteiger partial charge in [0, 0.05) is 12.6 Å². The molecule has 4 nitrogen and oxygen atoms in total. The second-order valence-corrected chi connectivity index (χ2v) is 6.46. The highest BCUT2D eigenvalue weighted by molar-refractivity contribution is 5.86. The van der Waals surface area contributed by atoms with Crippen LogP contribution in [0.3, 0.4) is 0 Å². The lowest BCUT2D eigenvalue weighted by Gasteiger charge is -2.28. The van der Waals surface area contributed by atoms with Crippen LogP contribution in [-0.2, 0) is 4.79 Å². The van der Waals surface area contributed by atoms with E-state index < -0.39 is 5.41 Å². The molecule has 0 saturated heterocycles. The Morgan fingerprint density at radius 1 is 1.37 bits per heavy atom. The average molecular weight is 265 g/mol. The second kappa shape index (κ2) is 6.91. The lowest BCUT2D eigenvalue weighted by atomic mass is 9.86. The number of nitriles is 1. The molecule has 0 heterocycles. The lowest BCUT2D eigenvalue weighted by molar-refractivity contribution is -0.128. The second-order valence-electron chi connectivity index (χ2n) is 6.46. The van der Waals surface area contributed by atoms with Gasteiger partial charge in [0.2, 0.25) is 5.91 Å². The van der Waals surface area contributed by atoms with Crippen LogP contribution in [0.1, 0.15) is 46.0 Å². The average Bonchev–Trinajstić information content (AvgIpc) is 2.76. The molecule has 1 unspecified atom stereocenters. The van der Waals surface area contributed by atoms with Gasteiger partial charge in [-0.05, 0) is 39.3 Å². The maximum atomic E-state index is 12.4. The fourth-order valence-corrected chi connectivity index (χ4v) is 2.88. The Labute approximate surface area is 117 Å². The van der Waals surface area contributed by atoms with Crippen molar-refractivity contribution in [2.75, 3.05) is 20.6 Å². The Morgan fingerprint density at radius 3 is 2.37 bits per heavy atom. The Hall–Kier alpha value is -1.08. The molecule has 1 rings (SSSR count). The van der Waals surface area contributed by atoms with E-state index in [4.69, 9.17) is 0 Å². The smallest absolute Gasteiger partial charge is 0.240 e. The molecule has 4 heteroatoms. The maximum Gasteiger partial charge on any atom is 0.240 e. The predicted molar refractivity (Wildman–Crippen MR) is 76.5 cm³/mol. The molecule has 1 N–H and O–H groups in total. The summed E-state index contributed by atoms with van der Waals surface area (Å²) >= 11 is 0. The van der Waals surface area contributed by atoms with Crippen LogP contribution in [0.15, 0.2) is 0 Å². The van der Waals surface area contributed by atoms with E-state index in [0.29, 0.717) is 18.8 Å². The topological polar surface area (TPSA) is 56.1 Å². The number of hydrogen-bond acceptors (Lipinski definition) is 3. The van der Waals surface area contributed by atoms with Gasteiger partial charge in [0.15, 0.2) is 0 Å². The quantitative estimate of drug-likeness (QED) is 0.800. The van der Waals surface area contributed by atoms with E-state index in [-0.39, 0.29) is 11.9 Å². The summed E-state index contributed by atoms with van der Waals surface area (Å²) in [5.41, 5.74) is -0.762. The van der Waals surface area contributed by atoms with Gasteiger partial charge in [-0.15, -0.1) is 0 Å². The third kappa shape index (κ3) is 4.50. The molecule has 19 heavy (non-hydrogen) atoms. The van der Waals surface area contributed by atoms with E-state index in [1.165, 1.54) is 0 Å². The molecule has 1 amide bonds. The first-order valence-electron chi connectivity index (χ1n) is 7.26. The summed E-state index contributed by atoms with van der Waals surface area (Å²) in [5.74, 6) is 0.479. The Kier molecular flexibility index (Phi) is 5.81. The van der Waals surface area contributed by atoms with Gasteiger partial charge in [0.05, 0.1) is 6.07 Å².